The molecule has 0 saturated carbocycles. The lowest BCUT2D eigenvalue weighted by atomic mass is 9.88. The molecule has 3 atom stereocenters. The molecule has 192 valence electrons. The number of nitrogens with zero attached hydrogens (tertiary/aromatic N) is 3. The highest BCUT2D eigenvalue weighted by molar-refractivity contribution is 7.89. The Kier molecular flexibility index (Phi) is 8.00. The zero-order chi connectivity index (χ0) is 26.0. The summed E-state index contributed by atoms with van der Waals surface area (Å²) in [5.41, 5.74) is -0.638. The number of sulfonamides is 1. The topological polar surface area (TPSA) is 151 Å². The number of carbonyl (C=O) groups excluding carboxylic acids is 1. The molecule has 0 aliphatic carbocycles. The molecular weight excluding hydrogens is 478 g/mol. The molecule has 1 amide bonds. The van der Waals surface area contributed by atoms with E-state index in [0.717, 1.165) is 12.1 Å². The van der Waals surface area contributed by atoms with Gasteiger partial charge in [-0.3, -0.25) is 10.1 Å². The van der Waals surface area contributed by atoms with Gasteiger partial charge in [-0.15, -0.1) is 0 Å². The number of hydrogen-bond acceptors (Lipinski definition) is 8. The lowest BCUT2D eigenvalue weighted by molar-refractivity contribution is -0.384. The minimum atomic E-state index is -4.09. The number of nitro benzene ring substituents is 1. The molecule has 11 nitrogen and oxygen atoms in total. The Labute approximate surface area is 204 Å². The normalized spacial score (nSPS) is 22.4. The predicted octanol–water partition coefficient (Wildman–Crippen LogP) is 2.06. The molecule has 2 N–H and O–H groups in total. The van der Waals surface area contributed by atoms with Crippen molar-refractivity contribution in [2.24, 2.45) is 5.92 Å². The van der Waals surface area contributed by atoms with Crippen LogP contribution in [0.2, 0.25) is 0 Å². The lowest BCUT2D eigenvalue weighted by Gasteiger charge is -2.42. The van der Waals surface area contributed by atoms with Gasteiger partial charge >= 0.3 is 6.09 Å². The fraction of sp³-hybridized carbons (Fsp3) is 0.522. The van der Waals surface area contributed by atoms with Crippen molar-refractivity contribution in [3.63, 3.8) is 0 Å². The van der Waals surface area contributed by atoms with E-state index >= 15 is 0 Å². The van der Waals surface area contributed by atoms with Crippen LogP contribution in [-0.4, -0.2) is 82.8 Å². The number of amides is 1. The average Bonchev–Trinajstić information content (AvgIpc) is 2.82. The van der Waals surface area contributed by atoms with Crippen LogP contribution in [0.15, 0.2) is 53.0 Å². The average molecular weight is 510 g/mol. The monoisotopic (exact) mass is 509 g/mol. The number of ether oxygens (including phenoxy) is 1. The van der Waals surface area contributed by atoms with Crippen molar-refractivity contribution in [1.29, 1.82) is 0 Å². The zero-order valence-electron chi connectivity index (χ0n) is 19.9. The van der Waals surface area contributed by atoms with Gasteiger partial charge in [0.15, 0.2) is 0 Å². The summed E-state index contributed by atoms with van der Waals surface area (Å²) < 4.78 is 33.6. The lowest BCUT2D eigenvalue weighted by Crippen LogP contribution is -2.52. The van der Waals surface area contributed by atoms with Crippen LogP contribution in [-0.2, 0) is 14.8 Å². The minimum Gasteiger partial charge on any atom is -0.444 e. The van der Waals surface area contributed by atoms with E-state index < -0.39 is 51.3 Å². The number of benzene rings is 1. The van der Waals surface area contributed by atoms with Crippen LogP contribution >= 0.6 is 0 Å². The van der Waals surface area contributed by atoms with Crippen LogP contribution in [0.4, 0.5) is 10.5 Å². The van der Waals surface area contributed by atoms with Gasteiger partial charge in [0.1, 0.15) is 5.60 Å². The molecule has 2 aliphatic heterocycles. The zero-order valence-corrected chi connectivity index (χ0v) is 20.7. The number of hydrogen-bond donors (Lipinski definition) is 2. The summed E-state index contributed by atoms with van der Waals surface area (Å²) in [5.74, 6) is -0.495. The number of nitro groups is 1. The first kappa shape index (κ1) is 26.8. The van der Waals surface area contributed by atoms with E-state index in [9.17, 15) is 33.5 Å². The Hall–Kier alpha value is -2.80. The maximum atomic E-state index is 13.4. The van der Waals surface area contributed by atoms with Gasteiger partial charge in [-0.2, -0.15) is 4.31 Å². The summed E-state index contributed by atoms with van der Waals surface area (Å²) in [6, 6.07) is 4.12. The molecule has 3 rings (SSSR count). The van der Waals surface area contributed by atoms with Crippen LogP contribution in [0.1, 0.15) is 27.2 Å². The van der Waals surface area contributed by atoms with Crippen LogP contribution in [0.5, 0.6) is 0 Å². The highest BCUT2D eigenvalue weighted by atomic mass is 32.2. The molecule has 0 aromatic heterocycles. The van der Waals surface area contributed by atoms with E-state index in [1.54, 1.807) is 26.8 Å². The molecule has 2 heterocycles. The molecular formula is C23H31N3O8S. The number of non-ortho nitro benzene ring substituents is 1. The van der Waals surface area contributed by atoms with Crippen molar-refractivity contribution in [2.45, 2.75) is 49.8 Å². The van der Waals surface area contributed by atoms with Crippen LogP contribution in [0, 0.1) is 16.0 Å². The van der Waals surface area contributed by atoms with Crippen molar-refractivity contribution in [3.05, 3.63) is 58.2 Å². The molecule has 0 radical (unpaired) electrons. The smallest absolute Gasteiger partial charge is 0.410 e. The second-order valence-corrected chi connectivity index (χ2v) is 11.5. The van der Waals surface area contributed by atoms with Gasteiger partial charge in [0.05, 0.1) is 22.5 Å². The third-order valence-corrected chi connectivity index (χ3v) is 7.68. The summed E-state index contributed by atoms with van der Waals surface area (Å²) in [4.78, 5) is 24.6. The van der Waals surface area contributed by atoms with E-state index in [4.69, 9.17) is 4.74 Å². The molecule has 0 saturated heterocycles. The van der Waals surface area contributed by atoms with Crippen molar-refractivity contribution < 1.29 is 33.1 Å². The van der Waals surface area contributed by atoms with E-state index in [1.807, 2.05) is 12.2 Å². The largest absolute Gasteiger partial charge is 0.444 e. The molecule has 2 aliphatic rings. The van der Waals surface area contributed by atoms with E-state index in [-0.39, 0.29) is 30.2 Å². The first-order valence-corrected chi connectivity index (χ1v) is 12.7. The number of rotatable bonds is 6. The molecule has 0 fully saturated rings. The van der Waals surface area contributed by atoms with Gasteiger partial charge < -0.3 is 19.8 Å². The summed E-state index contributed by atoms with van der Waals surface area (Å²) >= 11 is 0. The molecule has 1 aromatic rings. The SMILES string of the molecule is CC(C)(C)OC(=O)N1CC=CC[C@@H]1[C@H]1C=C(C(O)CO)CN(S(=O)(=O)c2ccc([N+](=O)[O-])cc2)C1. The van der Waals surface area contributed by atoms with Crippen LogP contribution in [0.25, 0.3) is 0 Å². The maximum absolute atomic E-state index is 13.4. The van der Waals surface area contributed by atoms with Gasteiger partial charge in [0, 0.05) is 43.7 Å². The van der Waals surface area contributed by atoms with Gasteiger partial charge in [-0.1, -0.05) is 18.2 Å². The first-order chi connectivity index (χ1) is 16.3. The van der Waals surface area contributed by atoms with Crippen molar-refractivity contribution in [2.75, 3.05) is 26.2 Å². The second-order valence-electron chi connectivity index (χ2n) is 9.56. The van der Waals surface area contributed by atoms with E-state index in [1.165, 1.54) is 21.3 Å². The molecule has 0 spiro atoms. The van der Waals surface area contributed by atoms with Gasteiger partial charge in [-0.25, -0.2) is 13.2 Å². The summed E-state index contributed by atoms with van der Waals surface area (Å²) in [6.45, 7) is 4.82. The number of aliphatic hydroxyl groups excluding tert-OH is 2. The molecule has 12 heteroatoms. The minimum absolute atomic E-state index is 0.0127. The molecule has 35 heavy (non-hydrogen) atoms. The Morgan fingerprint density at radius 1 is 1.26 bits per heavy atom. The van der Waals surface area contributed by atoms with Gasteiger partial charge in [-0.05, 0) is 44.9 Å². The van der Waals surface area contributed by atoms with E-state index in [0.29, 0.717) is 12.0 Å². The quantitative estimate of drug-likeness (QED) is 0.336. The molecule has 1 unspecified atom stereocenters. The Morgan fingerprint density at radius 3 is 2.49 bits per heavy atom. The van der Waals surface area contributed by atoms with Crippen molar-refractivity contribution in [1.82, 2.24) is 9.21 Å². The first-order valence-electron chi connectivity index (χ1n) is 11.2. The summed E-state index contributed by atoms with van der Waals surface area (Å²) in [7, 11) is -4.09. The highest BCUT2D eigenvalue weighted by Gasteiger charge is 2.39. The molecule has 1 aromatic carbocycles. The standard InChI is InChI=1S/C23H31N3O8S/c1-23(2,3)34-22(29)25-11-5-4-6-20(25)16-12-17(21(28)15-27)14-24(13-16)35(32,33)19-9-7-18(8-10-19)26(30)31/h4-5,7-10,12,16,20-21,27-28H,6,11,13-15H2,1-3H3/t16-,20+,21?/m0/s1. The third kappa shape index (κ3) is 6.26. The predicted molar refractivity (Wildman–Crippen MR) is 127 cm³/mol. The van der Waals surface area contributed by atoms with Crippen molar-refractivity contribution >= 4 is 21.8 Å². The fourth-order valence-electron chi connectivity index (χ4n) is 4.14. The Balaban J connectivity index is 1.94. The fourth-order valence-corrected chi connectivity index (χ4v) is 5.61. The highest BCUT2D eigenvalue weighted by Crippen LogP contribution is 2.31. The number of carbonyl (C=O) groups is 1. The number of aliphatic hydroxyl groups is 2. The maximum Gasteiger partial charge on any atom is 0.410 e. The Bertz CT molecular complexity index is 1110. The van der Waals surface area contributed by atoms with E-state index in [2.05, 4.69) is 0 Å². The summed E-state index contributed by atoms with van der Waals surface area (Å²) in [5, 5.41) is 30.8. The van der Waals surface area contributed by atoms with Crippen LogP contribution in [0.3, 0.4) is 0 Å². The summed E-state index contributed by atoms with van der Waals surface area (Å²) in [6.07, 6.45) is 4.12. The van der Waals surface area contributed by atoms with Crippen LogP contribution < -0.4 is 0 Å². The third-order valence-electron chi connectivity index (χ3n) is 5.86. The van der Waals surface area contributed by atoms with Gasteiger partial charge in [0.25, 0.3) is 5.69 Å². The second kappa shape index (κ2) is 10.4. The Morgan fingerprint density at radius 2 is 1.91 bits per heavy atom. The van der Waals surface area contributed by atoms with Gasteiger partial charge in [0.2, 0.25) is 10.0 Å². The van der Waals surface area contributed by atoms with Crippen molar-refractivity contribution in [3.8, 4) is 0 Å². The molecule has 0 bridgehead atoms.